The fraction of sp³-hybridized carbons (Fsp3) is 0.800. The minimum absolute atomic E-state index is 0.257. The zero-order valence-electron chi connectivity index (χ0n) is 11.9. The number of aryl methyl sites for hydroxylation is 1. The van der Waals surface area contributed by atoms with Crippen LogP contribution in [0.1, 0.15) is 50.7 Å². The summed E-state index contributed by atoms with van der Waals surface area (Å²) in [4.78, 5) is 4.61. The first-order valence-electron chi connectivity index (χ1n) is 6.93. The van der Waals surface area contributed by atoms with E-state index in [-0.39, 0.29) is 5.41 Å². The van der Waals surface area contributed by atoms with Gasteiger partial charge in [0.1, 0.15) is 0 Å². The Hall–Kier alpha value is -0.0800. The SMILES string of the molecule is Cc1nc(CC(C)(C)C2CCC(C)CC2Cl)cs1. The van der Waals surface area contributed by atoms with Gasteiger partial charge in [-0.3, -0.25) is 0 Å². The first-order valence-corrected chi connectivity index (χ1v) is 8.25. The normalized spacial score (nSPS) is 29.5. The molecule has 1 heterocycles. The van der Waals surface area contributed by atoms with E-state index in [0.29, 0.717) is 11.3 Å². The number of halogens is 1. The molecule has 1 fully saturated rings. The average Bonchev–Trinajstić information content (AvgIpc) is 2.62. The first-order chi connectivity index (χ1) is 8.38. The van der Waals surface area contributed by atoms with Crippen LogP contribution in [-0.2, 0) is 6.42 Å². The van der Waals surface area contributed by atoms with Crippen molar-refractivity contribution in [3.8, 4) is 0 Å². The van der Waals surface area contributed by atoms with Crippen molar-refractivity contribution in [2.24, 2.45) is 17.3 Å². The van der Waals surface area contributed by atoms with Gasteiger partial charge in [0.2, 0.25) is 0 Å². The van der Waals surface area contributed by atoms with E-state index in [0.717, 1.165) is 12.3 Å². The van der Waals surface area contributed by atoms with Gasteiger partial charge in [-0.05, 0) is 43.4 Å². The zero-order chi connectivity index (χ0) is 13.3. The smallest absolute Gasteiger partial charge is 0.0897 e. The quantitative estimate of drug-likeness (QED) is 0.707. The van der Waals surface area contributed by atoms with E-state index < -0.39 is 0 Å². The summed E-state index contributed by atoms with van der Waals surface area (Å²) in [6.45, 7) is 9.12. The molecular formula is C15H24ClNS. The summed E-state index contributed by atoms with van der Waals surface area (Å²) in [5.74, 6) is 1.42. The molecule has 1 aliphatic rings. The van der Waals surface area contributed by atoms with Crippen LogP contribution in [0, 0.1) is 24.2 Å². The molecule has 3 unspecified atom stereocenters. The fourth-order valence-electron chi connectivity index (χ4n) is 3.28. The molecule has 2 rings (SSSR count). The molecule has 3 atom stereocenters. The summed E-state index contributed by atoms with van der Waals surface area (Å²) in [7, 11) is 0. The van der Waals surface area contributed by atoms with Crippen molar-refractivity contribution in [2.75, 3.05) is 0 Å². The summed E-state index contributed by atoms with van der Waals surface area (Å²) in [6.07, 6.45) is 4.82. The summed E-state index contributed by atoms with van der Waals surface area (Å²) >= 11 is 8.36. The molecule has 1 saturated carbocycles. The van der Waals surface area contributed by atoms with Crippen LogP contribution >= 0.6 is 22.9 Å². The average molecular weight is 286 g/mol. The van der Waals surface area contributed by atoms with Gasteiger partial charge in [-0.15, -0.1) is 22.9 Å². The largest absolute Gasteiger partial charge is 0.247 e. The summed E-state index contributed by atoms with van der Waals surface area (Å²) < 4.78 is 0. The molecule has 3 heteroatoms. The first kappa shape index (κ1) is 14.3. The number of rotatable bonds is 3. The fourth-order valence-corrected chi connectivity index (χ4v) is 4.66. The molecule has 0 aromatic carbocycles. The minimum atomic E-state index is 0.257. The van der Waals surface area contributed by atoms with Crippen LogP contribution in [0.4, 0.5) is 0 Å². The Kier molecular flexibility index (Phi) is 4.38. The number of hydrogen-bond acceptors (Lipinski definition) is 2. The second kappa shape index (κ2) is 5.50. The van der Waals surface area contributed by atoms with Gasteiger partial charge < -0.3 is 0 Å². The maximum Gasteiger partial charge on any atom is 0.0897 e. The van der Waals surface area contributed by atoms with Crippen LogP contribution in [-0.4, -0.2) is 10.4 Å². The van der Waals surface area contributed by atoms with Crippen LogP contribution in [0.3, 0.4) is 0 Å². The standard InChI is InChI=1S/C15H24ClNS/c1-10-5-6-13(14(16)7-10)15(3,4)8-12-9-18-11(2)17-12/h9-10,13-14H,5-8H2,1-4H3. The van der Waals surface area contributed by atoms with E-state index in [1.54, 1.807) is 11.3 Å². The molecule has 0 bridgehead atoms. The van der Waals surface area contributed by atoms with E-state index in [1.165, 1.54) is 30.0 Å². The molecule has 0 aliphatic heterocycles. The Bertz CT molecular complexity index is 399. The number of alkyl halides is 1. The van der Waals surface area contributed by atoms with Crippen molar-refractivity contribution in [3.63, 3.8) is 0 Å². The van der Waals surface area contributed by atoms with Gasteiger partial charge in [-0.1, -0.05) is 27.2 Å². The van der Waals surface area contributed by atoms with E-state index in [9.17, 15) is 0 Å². The van der Waals surface area contributed by atoms with Gasteiger partial charge in [0.25, 0.3) is 0 Å². The Labute approximate surface area is 120 Å². The number of thiazole rings is 1. The van der Waals surface area contributed by atoms with Crippen LogP contribution in [0.5, 0.6) is 0 Å². The topological polar surface area (TPSA) is 12.9 Å². The third kappa shape index (κ3) is 3.27. The molecule has 0 amide bonds. The molecule has 0 spiro atoms. The molecule has 1 aromatic heterocycles. The molecule has 0 N–H and O–H groups in total. The van der Waals surface area contributed by atoms with E-state index in [1.807, 2.05) is 0 Å². The van der Waals surface area contributed by atoms with Gasteiger partial charge in [0.05, 0.1) is 10.7 Å². The van der Waals surface area contributed by atoms with Crippen molar-refractivity contribution < 1.29 is 0 Å². The maximum absolute atomic E-state index is 6.62. The van der Waals surface area contributed by atoms with Gasteiger partial charge in [-0.25, -0.2) is 4.98 Å². The van der Waals surface area contributed by atoms with Crippen molar-refractivity contribution in [3.05, 3.63) is 16.1 Å². The van der Waals surface area contributed by atoms with Crippen molar-refractivity contribution in [1.82, 2.24) is 4.98 Å². The molecular weight excluding hydrogens is 262 g/mol. The number of hydrogen-bond donors (Lipinski definition) is 0. The Morgan fingerprint density at radius 1 is 1.44 bits per heavy atom. The highest BCUT2D eigenvalue weighted by molar-refractivity contribution is 7.09. The van der Waals surface area contributed by atoms with Crippen molar-refractivity contribution in [1.29, 1.82) is 0 Å². The second-order valence-electron chi connectivity index (χ2n) is 6.56. The summed E-state index contributed by atoms with van der Waals surface area (Å²) in [5.41, 5.74) is 1.50. The van der Waals surface area contributed by atoms with Crippen LogP contribution in [0.2, 0.25) is 0 Å². The number of aromatic nitrogens is 1. The molecule has 18 heavy (non-hydrogen) atoms. The lowest BCUT2D eigenvalue weighted by Crippen LogP contribution is -2.37. The highest BCUT2D eigenvalue weighted by Crippen LogP contribution is 2.44. The Balaban J connectivity index is 2.05. The third-order valence-corrected chi connectivity index (χ3v) is 5.65. The van der Waals surface area contributed by atoms with E-state index in [4.69, 9.17) is 11.6 Å². The second-order valence-corrected chi connectivity index (χ2v) is 8.19. The Morgan fingerprint density at radius 3 is 2.72 bits per heavy atom. The maximum atomic E-state index is 6.62. The third-order valence-electron chi connectivity index (χ3n) is 4.34. The monoisotopic (exact) mass is 285 g/mol. The predicted octanol–water partition coefficient (Wildman–Crippen LogP) is 5.06. The molecule has 0 saturated heterocycles. The molecule has 1 nitrogen and oxygen atoms in total. The minimum Gasteiger partial charge on any atom is -0.247 e. The van der Waals surface area contributed by atoms with E-state index >= 15 is 0 Å². The summed E-state index contributed by atoms with van der Waals surface area (Å²) in [5, 5.41) is 3.70. The number of nitrogens with zero attached hydrogens (tertiary/aromatic N) is 1. The predicted molar refractivity (Wildman–Crippen MR) is 80.5 cm³/mol. The lowest BCUT2D eigenvalue weighted by atomic mass is 9.67. The molecule has 1 aromatic rings. The van der Waals surface area contributed by atoms with Gasteiger partial charge in [0, 0.05) is 10.8 Å². The molecule has 1 aliphatic carbocycles. The summed E-state index contributed by atoms with van der Waals surface area (Å²) in [6, 6.07) is 0. The molecule has 102 valence electrons. The van der Waals surface area contributed by atoms with Crippen molar-refractivity contribution >= 4 is 22.9 Å². The van der Waals surface area contributed by atoms with Gasteiger partial charge >= 0.3 is 0 Å². The van der Waals surface area contributed by atoms with Gasteiger partial charge in [0.15, 0.2) is 0 Å². The lowest BCUT2D eigenvalue weighted by Gasteiger charge is -2.41. The lowest BCUT2D eigenvalue weighted by molar-refractivity contribution is 0.141. The van der Waals surface area contributed by atoms with Crippen LogP contribution < -0.4 is 0 Å². The highest BCUT2D eigenvalue weighted by Gasteiger charge is 2.38. The van der Waals surface area contributed by atoms with E-state index in [2.05, 4.69) is 38.1 Å². The highest BCUT2D eigenvalue weighted by atomic mass is 35.5. The molecule has 0 radical (unpaired) electrons. The van der Waals surface area contributed by atoms with Crippen LogP contribution in [0.25, 0.3) is 0 Å². The van der Waals surface area contributed by atoms with Crippen molar-refractivity contribution in [2.45, 2.75) is 58.8 Å². The zero-order valence-corrected chi connectivity index (χ0v) is 13.4. The van der Waals surface area contributed by atoms with Gasteiger partial charge in [-0.2, -0.15) is 0 Å². The Morgan fingerprint density at radius 2 is 2.17 bits per heavy atom. The van der Waals surface area contributed by atoms with Crippen LogP contribution in [0.15, 0.2) is 5.38 Å².